The maximum Gasteiger partial charge on any atom is 0.335 e. The lowest BCUT2D eigenvalue weighted by Gasteiger charge is -2.38. The minimum absolute atomic E-state index is 0.0193. The summed E-state index contributed by atoms with van der Waals surface area (Å²) in [5.74, 6) is -1.86. The number of aliphatic hydroxyl groups excluding tert-OH is 1. The van der Waals surface area contributed by atoms with Crippen molar-refractivity contribution in [3.05, 3.63) is 47.7 Å². The van der Waals surface area contributed by atoms with Crippen molar-refractivity contribution in [2.45, 2.75) is 26.5 Å². The van der Waals surface area contributed by atoms with Gasteiger partial charge in [0.25, 0.3) is 0 Å². The van der Waals surface area contributed by atoms with Crippen LogP contribution in [0.2, 0.25) is 0 Å². The Morgan fingerprint density at radius 3 is 2.81 bits per heavy atom. The third-order valence-electron chi connectivity index (χ3n) is 5.07. The fourth-order valence-corrected chi connectivity index (χ4v) is 3.82. The van der Waals surface area contributed by atoms with Gasteiger partial charge in [-0.3, -0.25) is 4.79 Å². The first-order valence-electron chi connectivity index (χ1n) is 8.90. The number of hydrogen-bond acceptors (Lipinski definition) is 5. The van der Waals surface area contributed by atoms with Gasteiger partial charge < -0.3 is 14.7 Å². The molecule has 0 spiro atoms. The Kier molecular flexibility index (Phi) is 4.00. The molecule has 5 rings (SSSR count). The Hall–Kier alpha value is -2.73. The van der Waals surface area contributed by atoms with Crippen LogP contribution in [0.1, 0.15) is 25.1 Å². The van der Waals surface area contributed by atoms with E-state index in [1.54, 1.807) is 4.90 Å². The molecule has 4 heterocycles. The SMILES string of the molecule is CC.O=C1OCC2C(=O)N3Cc4cc5ccccc5nc4C3=CC2C1O. The highest BCUT2D eigenvalue weighted by Crippen LogP contribution is 2.42. The van der Waals surface area contributed by atoms with Gasteiger partial charge in [-0.15, -0.1) is 0 Å². The number of nitrogens with zero attached hydrogens (tertiary/aromatic N) is 2. The number of pyridine rings is 1. The molecular weight excluding hydrogens is 332 g/mol. The molecule has 0 aliphatic carbocycles. The van der Waals surface area contributed by atoms with Gasteiger partial charge in [0, 0.05) is 16.9 Å². The highest BCUT2D eigenvalue weighted by atomic mass is 16.5. The van der Waals surface area contributed by atoms with Crippen molar-refractivity contribution >= 4 is 28.5 Å². The third kappa shape index (κ3) is 2.33. The molecule has 1 fully saturated rings. The highest BCUT2D eigenvalue weighted by molar-refractivity contribution is 5.96. The molecule has 2 aromatic rings. The Labute approximate surface area is 151 Å². The number of cyclic esters (lactones) is 1. The van der Waals surface area contributed by atoms with Gasteiger partial charge in [-0.1, -0.05) is 38.1 Å². The largest absolute Gasteiger partial charge is 0.463 e. The Balaban J connectivity index is 0.000000814. The van der Waals surface area contributed by atoms with E-state index >= 15 is 0 Å². The van der Waals surface area contributed by atoms with Crippen LogP contribution in [-0.4, -0.2) is 39.6 Å². The van der Waals surface area contributed by atoms with Gasteiger partial charge in [-0.25, -0.2) is 9.78 Å². The number of benzene rings is 1. The van der Waals surface area contributed by atoms with Crippen molar-refractivity contribution < 1.29 is 19.4 Å². The standard InChI is InChI=1S/C18H14N2O4.C2H6/c21-16-11-6-14-15-10(5-9-3-1-2-4-13(9)19-15)7-20(14)17(22)12(11)8-24-18(16)23;1-2/h1-6,11-12,16,21H,7-8H2;1-2H3. The summed E-state index contributed by atoms with van der Waals surface area (Å²) in [7, 11) is 0. The minimum Gasteiger partial charge on any atom is -0.463 e. The first-order valence-corrected chi connectivity index (χ1v) is 8.90. The molecule has 3 atom stereocenters. The summed E-state index contributed by atoms with van der Waals surface area (Å²) >= 11 is 0. The van der Waals surface area contributed by atoms with Gasteiger partial charge in [0.05, 0.1) is 29.4 Å². The number of hydrogen-bond donors (Lipinski definition) is 1. The molecule has 6 heteroatoms. The average molecular weight is 352 g/mol. The number of aliphatic hydroxyl groups is 1. The van der Waals surface area contributed by atoms with Gasteiger partial charge >= 0.3 is 5.97 Å². The van der Waals surface area contributed by atoms with Crippen LogP contribution in [0.4, 0.5) is 0 Å². The van der Waals surface area contributed by atoms with Gasteiger partial charge in [0.15, 0.2) is 6.10 Å². The molecule has 6 nitrogen and oxygen atoms in total. The van der Waals surface area contributed by atoms with Crippen molar-refractivity contribution in [3.8, 4) is 0 Å². The first-order chi connectivity index (χ1) is 12.6. The van der Waals surface area contributed by atoms with E-state index in [4.69, 9.17) is 9.72 Å². The maximum absolute atomic E-state index is 12.8. The summed E-state index contributed by atoms with van der Waals surface area (Å²) in [6, 6.07) is 9.85. The van der Waals surface area contributed by atoms with Gasteiger partial charge in [0.2, 0.25) is 5.91 Å². The molecule has 1 aromatic heterocycles. The highest BCUT2D eigenvalue weighted by Gasteiger charge is 2.49. The molecule has 1 aromatic carbocycles. The van der Waals surface area contributed by atoms with E-state index in [9.17, 15) is 14.7 Å². The molecule has 1 N–H and O–H groups in total. The van der Waals surface area contributed by atoms with Crippen LogP contribution in [0.25, 0.3) is 16.6 Å². The zero-order valence-electron chi connectivity index (χ0n) is 14.7. The number of aromatic nitrogens is 1. The predicted octanol–water partition coefficient (Wildman–Crippen LogP) is 2.11. The number of amides is 1. The average Bonchev–Trinajstić information content (AvgIpc) is 3.03. The summed E-state index contributed by atoms with van der Waals surface area (Å²) in [5.41, 5.74) is 3.29. The molecule has 3 aliphatic heterocycles. The maximum atomic E-state index is 12.8. The Morgan fingerprint density at radius 2 is 2.00 bits per heavy atom. The number of carbonyl (C=O) groups excluding carboxylic acids is 2. The number of para-hydroxylation sites is 1. The molecule has 0 bridgehead atoms. The fourth-order valence-electron chi connectivity index (χ4n) is 3.82. The van der Waals surface area contributed by atoms with E-state index in [1.165, 1.54) is 0 Å². The lowest BCUT2D eigenvalue weighted by atomic mass is 9.81. The molecular formula is C20H20N2O4. The smallest absolute Gasteiger partial charge is 0.335 e. The predicted molar refractivity (Wildman–Crippen MR) is 95.6 cm³/mol. The molecule has 1 amide bonds. The molecule has 0 radical (unpaired) electrons. The Morgan fingerprint density at radius 1 is 1.23 bits per heavy atom. The summed E-state index contributed by atoms with van der Waals surface area (Å²) in [6.07, 6.45) is 0.511. The van der Waals surface area contributed by atoms with Gasteiger partial charge in [0.1, 0.15) is 6.61 Å². The minimum atomic E-state index is -1.30. The second-order valence-corrected chi connectivity index (χ2v) is 6.42. The molecule has 0 saturated carbocycles. The van der Waals surface area contributed by atoms with Gasteiger partial charge in [-0.05, 0) is 12.1 Å². The molecule has 3 aliphatic rings. The molecule has 1 saturated heterocycles. The number of carbonyl (C=O) groups is 2. The molecule has 26 heavy (non-hydrogen) atoms. The van der Waals surface area contributed by atoms with Crippen molar-refractivity contribution in [2.24, 2.45) is 11.8 Å². The van der Waals surface area contributed by atoms with Crippen LogP contribution in [0, 0.1) is 11.8 Å². The Bertz CT molecular complexity index is 937. The number of esters is 1. The first kappa shape index (κ1) is 16.7. The lowest BCUT2D eigenvalue weighted by molar-refractivity contribution is -0.171. The summed E-state index contributed by atoms with van der Waals surface area (Å²) < 4.78 is 4.94. The van der Waals surface area contributed by atoms with Crippen molar-refractivity contribution in [3.63, 3.8) is 0 Å². The van der Waals surface area contributed by atoms with Crippen LogP contribution in [0.15, 0.2) is 36.4 Å². The summed E-state index contributed by atoms with van der Waals surface area (Å²) in [4.78, 5) is 30.8. The van der Waals surface area contributed by atoms with Crippen LogP contribution in [0.5, 0.6) is 0 Å². The third-order valence-corrected chi connectivity index (χ3v) is 5.07. The molecule has 3 unspecified atom stereocenters. The van der Waals surface area contributed by atoms with E-state index in [-0.39, 0.29) is 12.5 Å². The number of fused-ring (bicyclic) bond motifs is 5. The fraction of sp³-hybridized carbons (Fsp3) is 0.350. The van der Waals surface area contributed by atoms with E-state index < -0.39 is 23.9 Å². The summed E-state index contributed by atoms with van der Waals surface area (Å²) in [5, 5.41) is 11.1. The monoisotopic (exact) mass is 352 g/mol. The topological polar surface area (TPSA) is 79.7 Å². The lowest BCUT2D eigenvalue weighted by Crippen LogP contribution is -2.51. The number of ether oxygens (including phenoxy) is 1. The second kappa shape index (κ2) is 6.21. The summed E-state index contributed by atoms with van der Waals surface area (Å²) in [6.45, 7) is 4.48. The van der Waals surface area contributed by atoms with E-state index in [0.717, 1.165) is 22.2 Å². The van der Waals surface area contributed by atoms with E-state index in [1.807, 2.05) is 50.3 Å². The van der Waals surface area contributed by atoms with Crippen molar-refractivity contribution in [2.75, 3.05) is 6.61 Å². The zero-order chi connectivity index (χ0) is 18.4. The molecule has 134 valence electrons. The van der Waals surface area contributed by atoms with E-state index in [2.05, 4.69) is 0 Å². The number of rotatable bonds is 0. The normalized spacial score (nSPS) is 26.2. The van der Waals surface area contributed by atoms with Gasteiger partial charge in [-0.2, -0.15) is 0 Å². The van der Waals surface area contributed by atoms with Crippen molar-refractivity contribution in [1.82, 2.24) is 9.88 Å². The second-order valence-electron chi connectivity index (χ2n) is 6.42. The van der Waals surface area contributed by atoms with Crippen LogP contribution in [-0.2, 0) is 20.9 Å². The van der Waals surface area contributed by atoms with Crippen LogP contribution < -0.4 is 0 Å². The van der Waals surface area contributed by atoms with Crippen LogP contribution in [0.3, 0.4) is 0 Å². The zero-order valence-corrected chi connectivity index (χ0v) is 14.7. The van der Waals surface area contributed by atoms with Crippen molar-refractivity contribution in [1.29, 1.82) is 0 Å². The van der Waals surface area contributed by atoms with E-state index in [0.29, 0.717) is 12.2 Å². The quantitative estimate of drug-likeness (QED) is 0.735. The van der Waals surface area contributed by atoms with Crippen LogP contribution >= 0.6 is 0 Å².